The number of ether oxygens (including phenoxy) is 2. The minimum absolute atomic E-state index is 0.0558. The summed E-state index contributed by atoms with van der Waals surface area (Å²) in [4.78, 5) is 50.4. The molecular weight excluding hydrogens is 751 g/mol. The largest absolute Gasteiger partial charge is 0.489 e. The summed E-state index contributed by atoms with van der Waals surface area (Å²) in [5.41, 5.74) is 9.55. The van der Waals surface area contributed by atoms with Crippen LogP contribution in [-0.4, -0.2) is 77.4 Å². The van der Waals surface area contributed by atoms with Gasteiger partial charge in [0.1, 0.15) is 18.1 Å². The molecule has 0 N–H and O–H groups in total. The molecule has 0 spiro atoms. The molecule has 3 amide bonds. The number of likely N-dealkylation sites (N-methyl/N-ethyl adjacent to an activating group) is 1. The first-order chi connectivity index (χ1) is 29.0. The predicted octanol–water partition coefficient (Wildman–Crippen LogP) is 8.54. The standard InChI is InChI=1S/C50H51N5O5/c1-34-44(48(56)53(5)40-20-22-42(23-21-40)59-33-35-14-8-6-9-15-35)29-47(52(34)4)45-27-37-24-25-54(50(58)60-43-18-10-7-11-19-43)30-39(37)28-46(45)49(57)55-31-38-17-13-12-16-36(38)26-41(55)32-51(2)3/h6-23,27-29,41H,24-26,30-33H2,1-5H3/t41-/m0/s1. The van der Waals surface area contributed by atoms with Crippen LogP contribution < -0.4 is 14.4 Å². The lowest BCUT2D eigenvalue weighted by molar-refractivity contribution is 0.0606. The summed E-state index contributed by atoms with van der Waals surface area (Å²) in [7, 11) is 7.79. The van der Waals surface area contributed by atoms with Crippen LogP contribution in [0.3, 0.4) is 0 Å². The van der Waals surface area contributed by atoms with Crippen LogP contribution in [0.4, 0.5) is 10.5 Å². The van der Waals surface area contributed by atoms with Crippen LogP contribution in [0.1, 0.15) is 54.2 Å². The van der Waals surface area contributed by atoms with E-state index in [4.69, 9.17) is 9.47 Å². The number of carbonyl (C=O) groups is 3. The molecule has 2 aliphatic rings. The maximum absolute atomic E-state index is 15.2. The highest BCUT2D eigenvalue weighted by Crippen LogP contribution is 2.36. The molecule has 6 aromatic rings. The molecule has 60 heavy (non-hydrogen) atoms. The molecule has 5 aromatic carbocycles. The van der Waals surface area contributed by atoms with Crippen LogP contribution in [0.25, 0.3) is 11.3 Å². The smallest absolute Gasteiger partial charge is 0.415 e. The maximum atomic E-state index is 15.2. The van der Waals surface area contributed by atoms with Gasteiger partial charge in [-0.05, 0) is 116 Å². The normalized spacial score (nSPS) is 14.7. The molecule has 0 bridgehead atoms. The minimum Gasteiger partial charge on any atom is -0.489 e. The van der Waals surface area contributed by atoms with Crippen LogP contribution in [0.5, 0.6) is 11.5 Å². The molecule has 1 atom stereocenters. The number of hydrogen-bond acceptors (Lipinski definition) is 6. The molecule has 1 aromatic heterocycles. The number of fused-ring (bicyclic) bond motifs is 2. The van der Waals surface area contributed by atoms with E-state index in [-0.39, 0.29) is 17.9 Å². The molecule has 0 aliphatic carbocycles. The highest BCUT2D eigenvalue weighted by molar-refractivity contribution is 6.08. The lowest BCUT2D eigenvalue weighted by Gasteiger charge is -2.39. The molecule has 8 rings (SSSR count). The van der Waals surface area contributed by atoms with Gasteiger partial charge in [0.05, 0.1) is 5.56 Å². The number of nitrogens with zero attached hydrogens (tertiary/aromatic N) is 5. The number of hydrogen-bond donors (Lipinski definition) is 0. The summed E-state index contributed by atoms with van der Waals surface area (Å²) in [6.07, 6.45) is 0.903. The Morgan fingerprint density at radius 3 is 2.12 bits per heavy atom. The third-order valence-corrected chi connectivity index (χ3v) is 11.8. The van der Waals surface area contributed by atoms with Gasteiger partial charge in [-0.1, -0.05) is 72.8 Å². The van der Waals surface area contributed by atoms with Crippen molar-refractivity contribution in [1.29, 1.82) is 0 Å². The number of aromatic nitrogens is 1. The zero-order valence-electron chi connectivity index (χ0n) is 34.9. The Labute approximate surface area is 352 Å². The summed E-state index contributed by atoms with van der Waals surface area (Å²) in [6, 6.07) is 40.9. The van der Waals surface area contributed by atoms with Crippen LogP contribution in [0.15, 0.2) is 127 Å². The highest BCUT2D eigenvalue weighted by atomic mass is 16.6. The van der Waals surface area contributed by atoms with E-state index >= 15 is 4.79 Å². The Hall–Kier alpha value is -6.65. The SMILES string of the molecule is Cc1c(C(=O)N(C)c2ccc(OCc3ccccc3)cc2)cc(-c2cc3c(cc2C(=O)N2Cc4ccccc4C[C@H]2CN(C)C)CN(C(=O)Oc2ccccc2)CC3)n1C. The number of benzene rings is 5. The zero-order valence-corrected chi connectivity index (χ0v) is 34.9. The lowest BCUT2D eigenvalue weighted by Crippen LogP contribution is -2.49. The minimum atomic E-state index is -0.429. The van der Waals surface area contributed by atoms with E-state index in [9.17, 15) is 9.59 Å². The summed E-state index contributed by atoms with van der Waals surface area (Å²) in [5.74, 6) is 0.949. The third-order valence-electron chi connectivity index (χ3n) is 11.8. The summed E-state index contributed by atoms with van der Waals surface area (Å²) in [6.45, 7) is 4.35. The van der Waals surface area contributed by atoms with Crippen molar-refractivity contribution in [3.05, 3.63) is 172 Å². The van der Waals surface area contributed by atoms with Gasteiger partial charge in [0.25, 0.3) is 11.8 Å². The summed E-state index contributed by atoms with van der Waals surface area (Å²) >= 11 is 0. The molecule has 0 unspecified atom stereocenters. The van der Waals surface area contributed by atoms with E-state index in [1.54, 1.807) is 29.0 Å². The number of para-hydroxylation sites is 1. The van der Waals surface area contributed by atoms with Crippen LogP contribution in [-0.2, 0) is 39.6 Å². The number of rotatable bonds is 10. The molecule has 10 heteroatoms. The molecule has 2 aliphatic heterocycles. The van der Waals surface area contributed by atoms with Crippen LogP contribution >= 0.6 is 0 Å². The van der Waals surface area contributed by atoms with E-state index in [0.29, 0.717) is 61.8 Å². The van der Waals surface area contributed by atoms with Crippen LogP contribution in [0.2, 0.25) is 0 Å². The molecule has 0 radical (unpaired) electrons. The van der Waals surface area contributed by atoms with Gasteiger partial charge in [-0.25, -0.2) is 4.79 Å². The molecule has 10 nitrogen and oxygen atoms in total. The first kappa shape index (κ1) is 40.1. The summed E-state index contributed by atoms with van der Waals surface area (Å²) < 4.78 is 13.7. The van der Waals surface area contributed by atoms with E-state index in [0.717, 1.165) is 51.3 Å². The van der Waals surface area contributed by atoms with Gasteiger partial charge in [0.15, 0.2) is 0 Å². The molecule has 306 valence electrons. The van der Waals surface area contributed by atoms with Gasteiger partial charge >= 0.3 is 6.09 Å². The van der Waals surface area contributed by atoms with Gasteiger partial charge < -0.3 is 33.6 Å². The second kappa shape index (κ2) is 17.3. The van der Waals surface area contributed by atoms with Crippen molar-refractivity contribution < 1.29 is 23.9 Å². The van der Waals surface area contributed by atoms with Crippen molar-refractivity contribution in [2.75, 3.05) is 39.1 Å². The van der Waals surface area contributed by atoms with Crippen LogP contribution in [0, 0.1) is 6.92 Å². The van der Waals surface area contributed by atoms with E-state index < -0.39 is 6.09 Å². The van der Waals surface area contributed by atoms with Crippen molar-refractivity contribution >= 4 is 23.6 Å². The van der Waals surface area contributed by atoms with Crippen molar-refractivity contribution in [2.45, 2.75) is 45.5 Å². The number of carbonyl (C=O) groups excluding carboxylic acids is 3. The Morgan fingerprint density at radius 1 is 0.717 bits per heavy atom. The zero-order chi connectivity index (χ0) is 41.9. The first-order valence-electron chi connectivity index (χ1n) is 20.5. The second-order valence-corrected chi connectivity index (χ2v) is 16.1. The molecular formula is C50H51N5O5. The van der Waals surface area contributed by atoms with Gasteiger partial charge in [-0.15, -0.1) is 0 Å². The average Bonchev–Trinajstić information content (AvgIpc) is 3.57. The maximum Gasteiger partial charge on any atom is 0.415 e. The lowest BCUT2D eigenvalue weighted by atomic mass is 9.89. The van der Waals surface area contributed by atoms with Crippen molar-refractivity contribution in [2.24, 2.45) is 7.05 Å². The van der Waals surface area contributed by atoms with Gasteiger partial charge in [0.2, 0.25) is 0 Å². The molecule has 0 fully saturated rings. The van der Waals surface area contributed by atoms with E-state index in [2.05, 4.69) is 29.2 Å². The van der Waals surface area contributed by atoms with E-state index in [1.165, 1.54) is 5.56 Å². The van der Waals surface area contributed by atoms with Crippen molar-refractivity contribution in [3.63, 3.8) is 0 Å². The fourth-order valence-corrected chi connectivity index (χ4v) is 8.35. The highest BCUT2D eigenvalue weighted by Gasteiger charge is 2.34. The third kappa shape index (κ3) is 8.42. The van der Waals surface area contributed by atoms with Gasteiger partial charge in [-0.3, -0.25) is 9.59 Å². The van der Waals surface area contributed by atoms with Crippen molar-refractivity contribution in [3.8, 4) is 22.8 Å². The Balaban J connectivity index is 1.12. The molecule has 0 saturated carbocycles. The first-order valence-corrected chi connectivity index (χ1v) is 20.5. The fraction of sp³-hybridized carbons (Fsp3) is 0.260. The number of anilines is 1. The van der Waals surface area contributed by atoms with Gasteiger partial charge in [0, 0.05) is 74.5 Å². The Kier molecular flexibility index (Phi) is 11.6. The average molecular weight is 802 g/mol. The fourth-order valence-electron chi connectivity index (χ4n) is 8.35. The second-order valence-electron chi connectivity index (χ2n) is 16.1. The number of amides is 3. The van der Waals surface area contributed by atoms with E-state index in [1.807, 2.05) is 129 Å². The van der Waals surface area contributed by atoms with Gasteiger partial charge in [-0.2, -0.15) is 0 Å². The summed E-state index contributed by atoms with van der Waals surface area (Å²) in [5, 5.41) is 0. The quantitative estimate of drug-likeness (QED) is 0.138. The topological polar surface area (TPSA) is 87.6 Å². The Morgan fingerprint density at radius 2 is 1.40 bits per heavy atom. The molecule has 3 heterocycles. The monoisotopic (exact) mass is 801 g/mol. The Bertz CT molecular complexity index is 2510. The van der Waals surface area contributed by atoms with Crippen molar-refractivity contribution in [1.82, 2.24) is 19.3 Å². The molecule has 0 saturated heterocycles. The predicted molar refractivity (Wildman–Crippen MR) is 234 cm³/mol.